The first-order valence-electron chi connectivity index (χ1n) is 8.43. The van der Waals surface area contributed by atoms with Crippen LogP contribution in [-0.2, 0) is 35.0 Å². The van der Waals surface area contributed by atoms with Gasteiger partial charge in [-0.2, -0.15) is 0 Å². The highest BCUT2D eigenvalue weighted by Crippen LogP contribution is 2.33. The van der Waals surface area contributed by atoms with Gasteiger partial charge in [0, 0.05) is 12.3 Å². The maximum atomic E-state index is 12.2. The summed E-state index contributed by atoms with van der Waals surface area (Å²) >= 11 is 0. The van der Waals surface area contributed by atoms with Crippen molar-refractivity contribution in [2.75, 3.05) is 13.7 Å². The number of hydrogen-bond acceptors (Lipinski definition) is 8. The fourth-order valence-corrected chi connectivity index (χ4v) is 2.91. The first kappa shape index (κ1) is 20.3. The third-order valence-electron chi connectivity index (χ3n) is 4.47. The number of benzene rings is 1. The van der Waals surface area contributed by atoms with Gasteiger partial charge in [0.25, 0.3) is 0 Å². The Hall–Kier alpha value is -3.03. The minimum atomic E-state index is -0.691. The van der Waals surface area contributed by atoms with Crippen LogP contribution in [0.4, 0.5) is 0 Å². The first-order chi connectivity index (χ1) is 12.9. The molecule has 0 aliphatic carbocycles. The standard InChI is InChI=1S/C19H22O8/c1-11-14(9-20)13(15(10-27-11)19(24)25-2)8-18(23)26-6-5-12-3-4-16(21)17(22)7-12/h3-4,7,9-11,13-14,21-22H,5-6,8H2,1-2H3/t11-,13?,14-/m1/s1. The third-order valence-corrected chi connectivity index (χ3v) is 4.47. The van der Waals surface area contributed by atoms with E-state index in [0.29, 0.717) is 18.3 Å². The third kappa shape index (κ3) is 4.99. The lowest BCUT2D eigenvalue weighted by Gasteiger charge is -2.32. The van der Waals surface area contributed by atoms with Gasteiger partial charge in [0.15, 0.2) is 11.5 Å². The molecule has 1 aliphatic heterocycles. The molecule has 8 nitrogen and oxygen atoms in total. The zero-order chi connectivity index (χ0) is 20.0. The molecule has 1 unspecified atom stereocenters. The highest BCUT2D eigenvalue weighted by Gasteiger charge is 2.39. The topological polar surface area (TPSA) is 119 Å². The van der Waals surface area contributed by atoms with Crippen molar-refractivity contribution in [3.8, 4) is 11.5 Å². The van der Waals surface area contributed by atoms with Crippen molar-refractivity contribution in [1.82, 2.24) is 0 Å². The fourth-order valence-electron chi connectivity index (χ4n) is 2.91. The predicted octanol–water partition coefficient (Wildman–Crippen LogP) is 1.48. The Labute approximate surface area is 156 Å². The van der Waals surface area contributed by atoms with Crippen LogP contribution in [0.25, 0.3) is 0 Å². The Bertz CT molecular complexity index is 739. The summed E-state index contributed by atoms with van der Waals surface area (Å²) in [7, 11) is 1.21. The van der Waals surface area contributed by atoms with Crippen LogP contribution in [0.1, 0.15) is 18.9 Å². The van der Waals surface area contributed by atoms with Crippen molar-refractivity contribution >= 4 is 18.2 Å². The highest BCUT2D eigenvalue weighted by atomic mass is 16.5. The molecular formula is C19H22O8. The predicted molar refractivity (Wildman–Crippen MR) is 92.7 cm³/mol. The molecule has 2 rings (SSSR count). The molecule has 0 spiro atoms. The van der Waals surface area contributed by atoms with Crippen molar-refractivity contribution in [1.29, 1.82) is 0 Å². The number of hydrogen-bond donors (Lipinski definition) is 2. The molecule has 0 fully saturated rings. The molecule has 1 aromatic rings. The lowest BCUT2D eigenvalue weighted by atomic mass is 9.80. The van der Waals surface area contributed by atoms with Gasteiger partial charge in [-0.15, -0.1) is 0 Å². The molecular weight excluding hydrogens is 356 g/mol. The summed E-state index contributed by atoms with van der Waals surface area (Å²) in [6.07, 6.45) is 1.58. The molecule has 1 aromatic carbocycles. The van der Waals surface area contributed by atoms with Gasteiger partial charge in [0.05, 0.1) is 37.9 Å². The molecule has 1 aliphatic rings. The highest BCUT2D eigenvalue weighted by molar-refractivity contribution is 5.90. The molecule has 0 bridgehead atoms. The summed E-state index contributed by atoms with van der Waals surface area (Å²) in [5, 5.41) is 18.7. The summed E-state index contributed by atoms with van der Waals surface area (Å²) in [5.41, 5.74) is 0.798. The lowest BCUT2D eigenvalue weighted by Crippen LogP contribution is -2.37. The maximum absolute atomic E-state index is 12.2. The second-order valence-electron chi connectivity index (χ2n) is 6.22. The number of ether oxygens (including phenoxy) is 3. The average Bonchev–Trinajstić information content (AvgIpc) is 2.64. The second kappa shape index (κ2) is 9.07. The number of carbonyl (C=O) groups is 3. The number of aromatic hydroxyl groups is 2. The minimum Gasteiger partial charge on any atom is -0.504 e. The van der Waals surface area contributed by atoms with Gasteiger partial charge in [0.1, 0.15) is 12.4 Å². The van der Waals surface area contributed by atoms with Gasteiger partial charge in [-0.3, -0.25) is 4.79 Å². The normalized spacial score (nSPS) is 21.6. The summed E-state index contributed by atoms with van der Waals surface area (Å²) in [6.45, 7) is 1.73. The zero-order valence-corrected chi connectivity index (χ0v) is 15.1. The molecule has 2 N–H and O–H groups in total. The van der Waals surface area contributed by atoms with E-state index >= 15 is 0 Å². The van der Waals surface area contributed by atoms with Crippen LogP contribution in [0.3, 0.4) is 0 Å². The minimum absolute atomic E-state index is 0.0465. The SMILES string of the molecule is COC(=O)C1=CO[C@H](C)[C@@H](C=O)C1CC(=O)OCCc1ccc(O)c(O)c1. The molecule has 27 heavy (non-hydrogen) atoms. The maximum Gasteiger partial charge on any atom is 0.337 e. The molecule has 146 valence electrons. The number of esters is 2. The zero-order valence-electron chi connectivity index (χ0n) is 15.1. The van der Waals surface area contributed by atoms with E-state index in [2.05, 4.69) is 0 Å². The average molecular weight is 378 g/mol. The van der Waals surface area contributed by atoms with Gasteiger partial charge in [0.2, 0.25) is 0 Å². The fraction of sp³-hybridized carbons (Fsp3) is 0.421. The van der Waals surface area contributed by atoms with Gasteiger partial charge < -0.3 is 29.2 Å². The number of carbonyl (C=O) groups excluding carboxylic acids is 3. The molecule has 0 amide bonds. The van der Waals surface area contributed by atoms with Crippen molar-refractivity contribution in [3.05, 3.63) is 35.6 Å². The van der Waals surface area contributed by atoms with E-state index in [1.54, 1.807) is 13.0 Å². The Balaban J connectivity index is 1.97. The largest absolute Gasteiger partial charge is 0.504 e. The summed E-state index contributed by atoms with van der Waals surface area (Å²) in [4.78, 5) is 35.5. The summed E-state index contributed by atoms with van der Waals surface area (Å²) < 4.78 is 15.2. The van der Waals surface area contributed by atoms with E-state index in [-0.39, 0.29) is 30.1 Å². The van der Waals surface area contributed by atoms with Crippen molar-refractivity contribution < 1.29 is 38.8 Å². The molecule has 3 atom stereocenters. The van der Waals surface area contributed by atoms with E-state index in [9.17, 15) is 24.6 Å². The quantitative estimate of drug-likeness (QED) is 0.416. The van der Waals surface area contributed by atoms with Crippen LogP contribution in [0.15, 0.2) is 30.0 Å². The van der Waals surface area contributed by atoms with Crippen LogP contribution >= 0.6 is 0 Å². The van der Waals surface area contributed by atoms with Crippen LogP contribution in [0.2, 0.25) is 0 Å². The number of rotatable bonds is 7. The van der Waals surface area contributed by atoms with Crippen molar-refractivity contribution in [3.63, 3.8) is 0 Å². The van der Waals surface area contributed by atoms with Crippen molar-refractivity contribution in [2.24, 2.45) is 11.8 Å². The van der Waals surface area contributed by atoms with E-state index in [1.165, 1.54) is 25.5 Å². The van der Waals surface area contributed by atoms with Crippen LogP contribution < -0.4 is 0 Å². The Morgan fingerprint density at radius 2 is 2.00 bits per heavy atom. The molecule has 0 saturated heterocycles. The molecule has 8 heteroatoms. The number of phenols is 2. The van der Waals surface area contributed by atoms with Crippen molar-refractivity contribution in [2.45, 2.75) is 25.9 Å². The second-order valence-corrected chi connectivity index (χ2v) is 6.22. The Morgan fingerprint density at radius 1 is 1.26 bits per heavy atom. The Morgan fingerprint density at radius 3 is 2.63 bits per heavy atom. The van der Waals surface area contributed by atoms with Gasteiger partial charge in [-0.05, 0) is 24.6 Å². The van der Waals surface area contributed by atoms with E-state index in [1.807, 2.05) is 0 Å². The monoisotopic (exact) mass is 378 g/mol. The molecule has 0 saturated carbocycles. The molecule has 0 aromatic heterocycles. The molecule has 1 heterocycles. The van der Waals surface area contributed by atoms with Gasteiger partial charge in [-0.1, -0.05) is 6.07 Å². The Kier molecular flexibility index (Phi) is 6.81. The number of aldehydes is 1. The smallest absolute Gasteiger partial charge is 0.337 e. The van der Waals surface area contributed by atoms with Crippen LogP contribution in [0, 0.1) is 11.8 Å². The first-order valence-corrected chi connectivity index (χ1v) is 8.43. The van der Waals surface area contributed by atoms with Gasteiger partial charge in [-0.25, -0.2) is 4.79 Å². The molecule has 0 radical (unpaired) electrons. The number of phenolic OH excluding ortho intramolecular Hbond substituents is 2. The van der Waals surface area contributed by atoms with Gasteiger partial charge >= 0.3 is 11.9 Å². The van der Waals surface area contributed by atoms with Crippen LogP contribution in [-0.4, -0.2) is 48.3 Å². The van der Waals surface area contributed by atoms with E-state index < -0.39 is 29.9 Å². The summed E-state index contributed by atoms with van der Waals surface area (Å²) in [6, 6.07) is 4.32. The lowest BCUT2D eigenvalue weighted by molar-refractivity contribution is -0.146. The summed E-state index contributed by atoms with van der Waals surface area (Å²) in [5.74, 6) is -3.08. The van der Waals surface area contributed by atoms with Crippen LogP contribution in [0.5, 0.6) is 11.5 Å². The number of methoxy groups -OCH3 is 1. The van der Waals surface area contributed by atoms with E-state index in [0.717, 1.165) is 0 Å². The van der Waals surface area contributed by atoms with E-state index in [4.69, 9.17) is 14.2 Å².